The van der Waals surface area contributed by atoms with Crippen molar-refractivity contribution in [3.63, 3.8) is 0 Å². The van der Waals surface area contributed by atoms with Crippen LogP contribution in [0.2, 0.25) is 0 Å². The lowest BCUT2D eigenvalue weighted by Gasteiger charge is -2.21. The summed E-state index contributed by atoms with van der Waals surface area (Å²) in [6.07, 6.45) is 3.61. The maximum Gasteiger partial charge on any atom is 0.272 e. The molecule has 1 fully saturated rings. The fraction of sp³-hybridized carbons (Fsp3) is 0.650. The Morgan fingerprint density at radius 1 is 1.22 bits per heavy atom. The minimum absolute atomic E-state index is 0.0340. The average Bonchev–Trinajstić information content (AvgIpc) is 3.16. The molecule has 1 aliphatic rings. The fourth-order valence-electron chi connectivity index (χ4n) is 3.32. The van der Waals surface area contributed by atoms with Gasteiger partial charge in [-0.2, -0.15) is 5.10 Å². The number of nitrogens with zero attached hydrogens (tertiary/aromatic N) is 5. The van der Waals surface area contributed by atoms with Gasteiger partial charge in [0.05, 0.1) is 18.4 Å². The number of rotatable bonds is 4. The molecule has 27 heavy (non-hydrogen) atoms. The van der Waals surface area contributed by atoms with E-state index in [4.69, 9.17) is 4.42 Å². The van der Waals surface area contributed by atoms with Crippen molar-refractivity contribution in [2.75, 3.05) is 26.2 Å². The van der Waals surface area contributed by atoms with Crippen molar-refractivity contribution in [2.24, 2.45) is 7.05 Å². The monoisotopic (exact) mass is 373 g/mol. The summed E-state index contributed by atoms with van der Waals surface area (Å²) in [5, 5.41) is 4.40. The first-order chi connectivity index (χ1) is 12.8. The Hall–Kier alpha value is -2.15. The molecule has 0 atom stereocenters. The van der Waals surface area contributed by atoms with Gasteiger partial charge in [0.25, 0.3) is 5.91 Å². The molecule has 3 rings (SSSR count). The average molecular weight is 374 g/mol. The van der Waals surface area contributed by atoms with Gasteiger partial charge in [0.1, 0.15) is 11.5 Å². The van der Waals surface area contributed by atoms with Gasteiger partial charge >= 0.3 is 0 Å². The second kappa shape index (κ2) is 7.84. The Bertz CT molecular complexity index is 787. The molecular weight excluding hydrogens is 342 g/mol. The summed E-state index contributed by atoms with van der Waals surface area (Å²) in [5.41, 5.74) is 1.59. The number of aryl methyl sites for hydroxylation is 2. The molecule has 0 bridgehead atoms. The lowest BCUT2D eigenvalue weighted by atomic mass is 9.94. The summed E-state index contributed by atoms with van der Waals surface area (Å²) in [6, 6.07) is 1.91. The van der Waals surface area contributed by atoms with Crippen molar-refractivity contribution in [2.45, 2.75) is 52.5 Å². The van der Waals surface area contributed by atoms with Crippen LogP contribution in [-0.2, 0) is 25.4 Å². The summed E-state index contributed by atoms with van der Waals surface area (Å²) < 4.78 is 7.62. The molecule has 1 aliphatic heterocycles. The van der Waals surface area contributed by atoms with E-state index in [1.165, 1.54) is 0 Å². The Morgan fingerprint density at radius 3 is 2.63 bits per heavy atom. The third-order valence-electron chi connectivity index (χ3n) is 5.04. The topological polar surface area (TPSA) is 67.4 Å². The van der Waals surface area contributed by atoms with Gasteiger partial charge in [0.2, 0.25) is 5.89 Å². The van der Waals surface area contributed by atoms with Crippen LogP contribution in [0.25, 0.3) is 0 Å². The number of hydrogen-bond donors (Lipinski definition) is 0. The molecule has 0 saturated carbocycles. The van der Waals surface area contributed by atoms with Crippen molar-refractivity contribution in [1.29, 1.82) is 0 Å². The van der Waals surface area contributed by atoms with Crippen LogP contribution in [0, 0.1) is 0 Å². The standard InChI is InChI=1S/C20H31N5O2/c1-6-15-12-16(23(5)22-15)19(26)25-9-7-8-24(10-11-25)14-18-21-13-17(27-18)20(2,3)4/h12-13H,6-11,14H2,1-5H3. The SMILES string of the molecule is CCc1cc(C(=O)N2CCCN(Cc3ncc(C(C)(C)C)o3)CC2)n(C)n1. The summed E-state index contributed by atoms with van der Waals surface area (Å²) in [6.45, 7) is 12.3. The van der Waals surface area contributed by atoms with Crippen molar-refractivity contribution in [3.8, 4) is 0 Å². The number of carbonyl (C=O) groups excluding carboxylic acids is 1. The zero-order valence-corrected chi connectivity index (χ0v) is 17.2. The van der Waals surface area contributed by atoms with Crippen LogP contribution in [0.4, 0.5) is 0 Å². The number of aromatic nitrogens is 3. The number of amides is 1. The van der Waals surface area contributed by atoms with Crippen LogP contribution in [0.15, 0.2) is 16.7 Å². The summed E-state index contributed by atoms with van der Waals surface area (Å²) in [7, 11) is 1.84. The highest BCUT2D eigenvalue weighted by Crippen LogP contribution is 2.23. The molecule has 2 aromatic rings. The molecule has 0 aromatic carbocycles. The van der Waals surface area contributed by atoms with Gasteiger partial charge in [-0.05, 0) is 18.9 Å². The van der Waals surface area contributed by atoms with Gasteiger partial charge < -0.3 is 9.32 Å². The molecule has 1 saturated heterocycles. The molecular formula is C20H31N5O2. The molecule has 0 unspecified atom stereocenters. The highest BCUT2D eigenvalue weighted by molar-refractivity contribution is 5.92. The smallest absolute Gasteiger partial charge is 0.272 e. The number of hydrogen-bond acceptors (Lipinski definition) is 5. The molecule has 2 aromatic heterocycles. The maximum atomic E-state index is 12.9. The van der Waals surface area contributed by atoms with E-state index in [-0.39, 0.29) is 11.3 Å². The second-order valence-electron chi connectivity index (χ2n) is 8.29. The Balaban J connectivity index is 1.61. The van der Waals surface area contributed by atoms with E-state index >= 15 is 0 Å². The van der Waals surface area contributed by atoms with E-state index in [1.54, 1.807) is 4.68 Å². The summed E-state index contributed by atoms with van der Waals surface area (Å²) in [5.74, 6) is 1.73. The normalized spacial score (nSPS) is 16.6. The summed E-state index contributed by atoms with van der Waals surface area (Å²) >= 11 is 0. The third kappa shape index (κ3) is 4.58. The quantitative estimate of drug-likeness (QED) is 0.824. The molecule has 0 aliphatic carbocycles. The Labute approximate surface area is 161 Å². The van der Waals surface area contributed by atoms with Crippen LogP contribution in [0.5, 0.6) is 0 Å². The van der Waals surface area contributed by atoms with Gasteiger partial charge in [-0.3, -0.25) is 14.4 Å². The zero-order chi connectivity index (χ0) is 19.6. The van der Waals surface area contributed by atoms with Crippen molar-refractivity contribution in [1.82, 2.24) is 24.6 Å². The highest BCUT2D eigenvalue weighted by Gasteiger charge is 2.24. The van der Waals surface area contributed by atoms with E-state index < -0.39 is 0 Å². The molecule has 1 amide bonds. The van der Waals surface area contributed by atoms with E-state index in [0.29, 0.717) is 18.8 Å². The largest absolute Gasteiger partial charge is 0.444 e. The van der Waals surface area contributed by atoms with E-state index in [2.05, 4.69) is 35.8 Å². The summed E-state index contributed by atoms with van der Waals surface area (Å²) in [4.78, 5) is 21.6. The molecule has 148 valence electrons. The van der Waals surface area contributed by atoms with Crippen LogP contribution in [-0.4, -0.2) is 56.7 Å². The predicted molar refractivity (Wildman–Crippen MR) is 104 cm³/mol. The van der Waals surface area contributed by atoms with Crippen LogP contribution >= 0.6 is 0 Å². The molecule has 0 radical (unpaired) electrons. The van der Waals surface area contributed by atoms with Crippen molar-refractivity contribution < 1.29 is 9.21 Å². The minimum atomic E-state index is -0.0340. The lowest BCUT2D eigenvalue weighted by Crippen LogP contribution is -2.36. The predicted octanol–water partition coefficient (Wildman–Crippen LogP) is 2.62. The molecule has 7 nitrogen and oxygen atoms in total. The van der Waals surface area contributed by atoms with Crippen molar-refractivity contribution in [3.05, 3.63) is 35.3 Å². The van der Waals surface area contributed by atoms with Crippen LogP contribution in [0.1, 0.15) is 61.9 Å². The first kappa shape index (κ1) is 19.6. The Kier molecular flexibility index (Phi) is 5.69. The third-order valence-corrected chi connectivity index (χ3v) is 5.04. The molecule has 7 heteroatoms. The molecule has 3 heterocycles. The zero-order valence-electron chi connectivity index (χ0n) is 17.2. The second-order valence-corrected chi connectivity index (χ2v) is 8.29. The number of carbonyl (C=O) groups is 1. The van der Waals surface area contributed by atoms with E-state index in [9.17, 15) is 4.79 Å². The minimum Gasteiger partial charge on any atom is -0.444 e. The van der Waals surface area contributed by atoms with Gasteiger partial charge in [-0.25, -0.2) is 4.98 Å². The van der Waals surface area contributed by atoms with Gasteiger partial charge in [-0.1, -0.05) is 27.7 Å². The highest BCUT2D eigenvalue weighted by atomic mass is 16.4. The Morgan fingerprint density at radius 2 is 2.00 bits per heavy atom. The number of oxazole rings is 1. The van der Waals surface area contributed by atoms with Crippen LogP contribution in [0.3, 0.4) is 0 Å². The maximum absolute atomic E-state index is 12.9. The van der Waals surface area contributed by atoms with E-state index in [0.717, 1.165) is 49.8 Å². The van der Waals surface area contributed by atoms with Gasteiger partial charge in [-0.15, -0.1) is 0 Å². The fourth-order valence-corrected chi connectivity index (χ4v) is 3.32. The van der Waals surface area contributed by atoms with Gasteiger partial charge in [0.15, 0.2) is 0 Å². The van der Waals surface area contributed by atoms with Gasteiger partial charge in [0, 0.05) is 38.6 Å². The first-order valence-electron chi connectivity index (χ1n) is 9.77. The molecule has 0 spiro atoms. The molecule has 0 N–H and O–H groups in total. The lowest BCUT2D eigenvalue weighted by molar-refractivity contribution is 0.0749. The van der Waals surface area contributed by atoms with Crippen LogP contribution < -0.4 is 0 Å². The van der Waals surface area contributed by atoms with Crippen molar-refractivity contribution >= 4 is 5.91 Å². The van der Waals surface area contributed by atoms with E-state index in [1.807, 2.05) is 31.1 Å². The first-order valence-corrected chi connectivity index (χ1v) is 9.77.